The van der Waals surface area contributed by atoms with Gasteiger partial charge in [0.05, 0.1) is 12.1 Å². The molecule has 0 aromatic carbocycles. The molecule has 0 aromatic rings. The number of hydrogen-bond donors (Lipinski definition) is 4. The first-order valence-electron chi connectivity index (χ1n) is 19.2. The predicted octanol–water partition coefficient (Wildman–Crippen LogP) is 5.22. The van der Waals surface area contributed by atoms with E-state index in [2.05, 4.69) is 34.8 Å². The van der Waals surface area contributed by atoms with Gasteiger partial charge in [0.2, 0.25) is 17.6 Å². The molecule has 0 bridgehead atoms. The van der Waals surface area contributed by atoms with Crippen LogP contribution in [0.3, 0.4) is 0 Å². The van der Waals surface area contributed by atoms with E-state index in [9.17, 15) is 28.8 Å². The van der Waals surface area contributed by atoms with Gasteiger partial charge in [0.15, 0.2) is 5.78 Å². The van der Waals surface area contributed by atoms with Crippen molar-refractivity contribution in [1.29, 1.82) is 0 Å². The summed E-state index contributed by atoms with van der Waals surface area (Å²) in [6, 6.07) is -4.07. The van der Waals surface area contributed by atoms with Crippen LogP contribution in [0.25, 0.3) is 0 Å². The molecule has 50 heavy (non-hydrogen) atoms. The lowest BCUT2D eigenvalue weighted by Crippen LogP contribution is -2.62. The van der Waals surface area contributed by atoms with Crippen LogP contribution in [0.1, 0.15) is 132 Å². The normalized spacial score (nSPS) is 21.8. The van der Waals surface area contributed by atoms with Crippen LogP contribution in [0.4, 0.5) is 4.79 Å². The number of carbonyl (C=O) groups excluding carboxylic acids is 6. The van der Waals surface area contributed by atoms with E-state index >= 15 is 0 Å². The molecule has 5 atom stereocenters. The molecule has 3 aliphatic rings. The summed E-state index contributed by atoms with van der Waals surface area (Å²) in [7, 11) is 0. The summed E-state index contributed by atoms with van der Waals surface area (Å²) in [6.45, 7) is 17.8. The van der Waals surface area contributed by atoms with Gasteiger partial charge < -0.3 is 26.2 Å². The lowest BCUT2D eigenvalue weighted by Gasteiger charge is -2.39. The molecule has 282 valence electrons. The van der Waals surface area contributed by atoms with Gasteiger partial charge in [-0.05, 0) is 61.2 Å². The van der Waals surface area contributed by atoms with Crippen molar-refractivity contribution >= 4 is 35.3 Å². The van der Waals surface area contributed by atoms with E-state index in [1.54, 1.807) is 4.90 Å². The van der Waals surface area contributed by atoms with Gasteiger partial charge in [-0.15, -0.1) is 6.58 Å². The third-order valence-corrected chi connectivity index (χ3v) is 10.8. The molecule has 1 aliphatic heterocycles. The summed E-state index contributed by atoms with van der Waals surface area (Å²) in [4.78, 5) is 83.3. The summed E-state index contributed by atoms with van der Waals surface area (Å²) in [5, 5.41) is 11.3. The molecule has 1 unspecified atom stereocenters. The number of nitrogens with zero attached hydrogens (tertiary/aromatic N) is 1. The van der Waals surface area contributed by atoms with Gasteiger partial charge in [-0.1, -0.05) is 99.5 Å². The minimum Gasteiger partial charge on any atom is -0.346 e. The van der Waals surface area contributed by atoms with Crippen molar-refractivity contribution in [3.05, 3.63) is 12.7 Å². The van der Waals surface area contributed by atoms with Crippen LogP contribution in [0.2, 0.25) is 0 Å². The van der Waals surface area contributed by atoms with Crippen LogP contribution in [0.5, 0.6) is 0 Å². The lowest BCUT2D eigenvalue weighted by molar-refractivity contribution is -0.145. The number of amides is 5. The fourth-order valence-corrected chi connectivity index (χ4v) is 7.62. The molecule has 11 heteroatoms. The smallest absolute Gasteiger partial charge is 0.316 e. The molecule has 2 saturated carbocycles. The van der Waals surface area contributed by atoms with Gasteiger partial charge >= 0.3 is 6.03 Å². The molecule has 11 nitrogen and oxygen atoms in total. The third kappa shape index (κ3) is 11.4. The Morgan fingerprint density at radius 2 is 1.50 bits per heavy atom. The summed E-state index contributed by atoms with van der Waals surface area (Å²) < 4.78 is 0. The van der Waals surface area contributed by atoms with Crippen molar-refractivity contribution in [2.75, 3.05) is 13.1 Å². The average Bonchev–Trinajstić information content (AvgIpc) is 3.81. The van der Waals surface area contributed by atoms with Crippen molar-refractivity contribution in [2.45, 2.75) is 156 Å². The molecule has 0 radical (unpaired) electrons. The lowest BCUT2D eigenvalue weighted by atomic mass is 9.75. The number of urea groups is 1. The molecule has 2 aliphatic carbocycles. The van der Waals surface area contributed by atoms with Gasteiger partial charge in [0.25, 0.3) is 5.91 Å². The zero-order valence-corrected chi connectivity index (χ0v) is 31.8. The third-order valence-electron chi connectivity index (χ3n) is 10.8. The van der Waals surface area contributed by atoms with Gasteiger partial charge in [0.1, 0.15) is 12.1 Å². The standard InChI is InChI=1S/C39H65N5O6/c1-9-11-12-16-19-28(32(46)35(48)40-23-10-2)41-34(47)30-27(38(3,4)5)22-24-44(30)36(49)33(39(6,7)8)43-37(50)42-29(31(45)26-20-21-26)25-17-14-13-15-18-25/h10,25-30,33H,2,9,11-24H2,1,3-8H3,(H,40,48)(H,41,47)(H2,42,43,50)/t27-,28?,29-,30-,33+/m0/s1. The highest BCUT2D eigenvalue weighted by Crippen LogP contribution is 2.40. The number of ketones is 2. The minimum absolute atomic E-state index is 0.00381. The largest absolute Gasteiger partial charge is 0.346 e. The first-order valence-corrected chi connectivity index (χ1v) is 19.2. The first-order chi connectivity index (χ1) is 23.5. The maximum atomic E-state index is 14.5. The second-order valence-electron chi connectivity index (χ2n) is 17.0. The van der Waals surface area contributed by atoms with Crippen molar-refractivity contribution in [2.24, 2.45) is 28.6 Å². The van der Waals surface area contributed by atoms with Crippen molar-refractivity contribution in [1.82, 2.24) is 26.2 Å². The Morgan fingerprint density at radius 1 is 0.840 bits per heavy atom. The van der Waals surface area contributed by atoms with E-state index in [1.807, 2.05) is 41.5 Å². The summed E-state index contributed by atoms with van der Waals surface area (Å²) in [5.74, 6) is -2.45. The van der Waals surface area contributed by atoms with E-state index in [0.717, 1.165) is 64.2 Å². The van der Waals surface area contributed by atoms with Crippen molar-refractivity contribution in [3.8, 4) is 0 Å². The predicted molar refractivity (Wildman–Crippen MR) is 195 cm³/mol. The molecule has 0 aromatic heterocycles. The zero-order valence-electron chi connectivity index (χ0n) is 31.8. The molecule has 5 amide bonds. The molecule has 3 fully saturated rings. The molecule has 1 heterocycles. The summed E-state index contributed by atoms with van der Waals surface area (Å²) in [6.07, 6.45) is 12.5. The Morgan fingerprint density at radius 3 is 2.06 bits per heavy atom. The molecule has 0 spiro atoms. The van der Waals surface area contributed by atoms with E-state index < -0.39 is 59.1 Å². The Labute approximate surface area is 300 Å². The van der Waals surface area contributed by atoms with Crippen LogP contribution < -0.4 is 21.3 Å². The van der Waals surface area contributed by atoms with E-state index in [0.29, 0.717) is 25.8 Å². The van der Waals surface area contributed by atoms with Crippen LogP contribution in [-0.2, 0) is 24.0 Å². The number of Topliss-reactive ketones (excluding diaryl/α,β-unsaturated/α-hetero) is 2. The molecular formula is C39H65N5O6. The average molecular weight is 700 g/mol. The monoisotopic (exact) mass is 699 g/mol. The van der Waals surface area contributed by atoms with Gasteiger partial charge in [0, 0.05) is 19.0 Å². The summed E-state index contributed by atoms with van der Waals surface area (Å²) >= 11 is 0. The van der Waals surface area contributed by atoms with Gasteiger partial charge in [-0.2, -0.15) is 0 Å². The maximum absolute atomic E-state index is 14.5. The zero-order chi connectivity index (χ0) is 37.2. The maximum Gasteiger partial charge on any atom is 0.316 e. The van der Waals surface area contributed by atoms with E-state index in [1.165, 1.54) is 6.08 Å². The van der Waals surface area contributed by atoms with Crippen molar-refractivity contribution < 1.29 is 28.8 Å². The van der Waals surface area contributed by atoms with Gasteiger partial charge in [-0.3, -0.25) is 24.0 Å². The Kier molecular flexibility index (Phi) is 15.1. The Hall–Kier alpha value is -3.24. The number of carbonyl (C=O) groups is 6. The number of hydrogen-bond acceptors (Lipinski definition) is 6. The molecule has 3 rings (SSSR count). The van der Waals surface area contributed by atoms with E-state index in [-0.39, 0.29) is 35.5 Å². The molecule has 4 N–H and O–H groups in total. The number of nitrogens with one attached hydrogen (secondary N) is 4. The van der Waals surface area contributed by atoms with Crippen LogP contribution in [0.15, 0.2) is 12.7 Å². The minimum atomic E-state index is -1.04. The van der Waals surface area contributed by atoms with Gasteiger partial charge in [-0.25, -0.2) is 4.79 Å². The number of likely N-dealkylation sites (tertiary alicyclic amines) is 1. The second-order valence-corrected chi connectivity index (χ2v) is 17.0. The highest BCUT2D eigenvalue weighted by molar-refractivity contribution is 6.38. The summed E-state index contributed by atoms with van der Waals surface area (Å²) in [5.41, 5.74) is -1.09. The van der Waals surface area contributed by atoms with Crippen molar-refractivity contribution in [3.63, 3.8) is 0 Å². The fraction of sp³-hybridized carbons (Fsp3) is 0.795. The van der Waals surface area contributed by atoms with Crippen LogP contribution >= 0.6 is 0 Å². The SMILES string of the molecule is C=CCNC(=O)C(=O)C(CCCCCC)NC(=O)[C@@H]1[C@@H](C(C)(C)C)CCN1C(=O)[C@@H](NC(=O)N[C@H](C(=O)C1CC1)C1CCCCC1)C(C)(C)C. The molecular weight excluding hydrogens is 634 g/mol. The first kappa shape index (κ1) is 41.2. The second kappa shape index (κ2) is 18.3. The molecule has 1 saturated heterocycles. The number of rotatable bonds is 17. The van der Waals surface area contributed by atoms with Crippen LogP contribution in [0, 0.1) is 28.6 Å². The van der Waals surface area contributed by atoms with Crippen LogP contribution in [-0.4, -0.2) is 77.5 Å². The number of unbranched alkanes of at least 4 members (excludes halogenated alkanes) is 3. The highest BCUT2D eigenvalue weighted by atomic mass is 16.2. The Bertz CT molecular complexity index is 1230. The quantitative estimate of drug-likeness (QED) is 0.0928. The van der Waals surface area contributed by atoms with E-state index in [4.69, 9.17) is 0 Å². The fourth-order valence-electron chi connectivity index (χ4n) is 7.62. The Balaban J connectivity index is 1.85. The topological polar surface area (TPSA) is 154 Å². The highest BCUT2D eigenvalue weighted by Gasteiger charge is 2.50.